The van der Waals surface area contributed by atoms with Gasteiger partial charge in [-0.05, 0) is 88.0 Å². The van der Waals surface area contributed by atoms with Crippen LogP contribution in [0, 0.1) is 20.8 Å². The van der Waals surface area contributed by atoms with Crippen molar-refractivity contribution < 1.29 is 23.9 Å². The van der Waals surface area contributed by atoms with Crippen molar-refractivity contribution in [3.8, 4) is 33.8 Å². The minimum Gasteiger partial charge on any atom is -0.380 e. The number of nitrogens with zero attached hydrogens (tertiary/aromatic N) is 6. The SMILES string of the molecule is CCOCCNC(=O)c1cn(C)nc1-c1ccccc1C.Cc1ccccc1-c1nn(C)cc1C(=O)NC1CCSCC1.Cc1ccccc1-c1nn(C)cc1C(=O)NCCC1CCCO1. The van der Waals surface area contributed by atoms with Gasteiger partial charge in [-0.25, -0.2) is 0 Å². The van der Waals surface area contributed by atoms with E-state index in [2.05, 4.69) is 31.2 Å². The summed E-state index contributed by atoms with van der Waals surface area (Å²) in [6, 6.07) is 24.3. The second-order valence-corrected chi connectivity index (χ2v) is 17.9. The topological polar surface area (TPSA) is 159 Å². The lowest BCUT2D eigenvalue weighted by molar-refractivity contribution is 0.0903. The van der Waals surface area contributed by atoms with Gasteiger partial charge in [0, 0.05) is 88.8 Å². The molecule has 15 heteroatoms. The van der Waals surface area contributed by atoms with Crippen molar-refractivity contribution in [1.29, 1.82) is 0 Å². The van der Waals surface area contributed by atoms with E-state index in [-0.39, 0.29) is 17.7 Å². The second-order valence-electron chi connectivity index (χ2n) is 16.6. The molecule has 8 rings (SSSR count). The van der Waals surface area contributed by atoms with E-state index in [0.29, 0.717) is 60.8 Å². The molecule has 14 nitrogen and oxygen atoms in total. The first kappa shape index (κ1) is 49.4. The molecule has 5 heterocycles. The van der Waals surface area contributed by atoms with Crippen molar-refractivity contribution in [2.24, 2.45) is 21.1 Å². The maximum Gasteiger partial charge on any atom is 0.255 e. The number of ether oxygens (including phenoxy) is 2. The van der Waals surface area contributed by atoms with Gasteiger partial charge >= 0.3 is 0 Å². The molecule has 0 saturated carbocycles. The molecule has 3 N–H and O–H groups in total. The standard InChI is InChI=1S/C18H23N3O2.C17H21N3OS.C16H21N3O2/c1-13-6-3-4-8-15(13)17-16(12-21(2)20-17)18(22)19-10-9-14-7-5-11-23-14;1-12-5-3-4-6-14(12)16-15(11-20(2)19-16)17(21)18-13-7-9-22-10-8-13;1-4-21-10-9-17-16(20)14-11-19(3)18-15(14)13-8-6-5-7-12(13)2/h3-4,6,8,12,14H,5,7,9-11H2,1-2H3,(H,19,22);3-6,11,13H,7-10H2,1-2H3,(H,18,21);5-8,11H,4,9-10H2,1-3H3,(H,17,20). The summed E-state index contributed by atoms with van der Waals surface area (Å²) in [6.07, 6.45) is 10.8. The number of amides is 3. The number of benzene rings is 3. The maximum absolute atomic E-state index is 12.7. The second kappa shape index (κ2) is 24.5. The van der Waals surface area contributed by atoms with Crippen LogP contribution < -0.4 is 16.0 Å². The predicted molar refractivity (Wildman–Crippen MR) is 263 cm³/mol. The molecule has 1 unspecified atom stereocenters. The fourth-order valence-corrected chi connectivity index (χ4v) is 9.08. The lowest BCUT2D eigenvalue weighted by Crippen LogP contribution is -2.37. The molecule has 2 aliphatic heterocycles. The summed E-state index contributed by atoms with van der Waals surface area (Å²) in [7, 11) is 5.51. The Kier molecular flexibility index (Phi) is 18.3. The van der Waals surface area contributed by atoms with Crippen LogP contribution in [0.2, 0.25) is 0 Å². The Hall–Kier alpha value is -6.03. The summed E-state index contributed by atoms with van der Waals surface area (Å²) in [4.78, 5) is 37.5. The van der Waals surface area contributed by atoms with E-state index >= 15 is 0 Å². The lowest BCUT2D eigenvalue weighted by atomic mass is 10.0. The fraction of sp³-hybridized carbons (Fsp3) is 0.412. The van der Waals surface area contributed by atoms with Gasteiger partial charge in [-0.3, -0.25) is 28.4 Å². The third kappa shape index (κ3) is 13.5. The highest BCUT2D eigenvalue weighted by molar-refractivity contribution is 7.99. The minimum atomic E-state index is -0.124. The molecule has 6 aromatic rings. The Bertz CT molecular complexity index is 2530. The van der Waals surface area contributed by atoms with Crippen LogP contribution >= 0.6 is 11.8 Å². The monoisotopic (exact) mass is 915 g/mol. The Morgan fingerprint density at radius 2 is 1.09 bits per heavy atom. The van der Waals surface area contributed by atoms with Gasteiger partial charge in [0.05, 0.1) is 29.4 Å². The van der Waals surface area contributed by atoms with Gasteiger partial charge < -0.3 is 25.4 Å². The first-order valence-corrected chi connectivity index (χ1v) is 24.0. The quantitative estimate of drug-likeness (QED) is 0.0925. The molecular weight excluding hydrogens is 851 g/mol. The number of hydrogen-bond acceptors (Lipinski definition) is 9. The number of rotatable bonds is 14. The number of carbonyl (C=O) groups is 3. The van der Waals surface area contributed by atoms with E-state index in [1.54, 1.807) is 26.4 Å². The van der Waals surface area contributed by atoms with Gasteiger partial charge in [0.2, 0.25) is 0 Å². The van der Waals surface area contributed by atoms with Crippen LogP contribution in [-0.4, -0.2) is 104 Å². The van der Waals surface area contributed by atoms with Crippen LogP contribution in [0.15, 0.2) is 91.4 Å². The molecule has 66 heavy (non-hydrogen) atoms. The minimum absolute atomic E-state index is 0.0109. The summed E-state index contributed by atoms with van der Waals surface area (Å²) in [5.41, 5.74) is 10.4. The molecule has 2 fully saturated rings. The molecular formula is C51H65N9O5S. The zero-order valence-corrected chi connectivity index (χ0v) is 40.2. The van der Waals surface area contributed by atoms with Crippen molar-refractivity contribution in [2.75, 3.05) is 44.4 Å². The van der Waals surface area contributed by atoms with Gasteiger partial charge in [-0.15, -0.1) is 0 Å². The van der Waals surface area contributed by atoms with E-state index in [0.717, 1.165) is 95.0 Å². The van der Waals surface area contributed by atoms with Crippen LogP contribution in [0.5, 0.6) is 0 Å². The first-order chi connectivity index (χ1) is 31.9. The number of aryl methyl sites for hydroxylation is 6. The van der Waals surface area contributed by atoms with Gasteiger partial charge in [0.15, 0.2) is 0 Å². The largest absolute Gasteiger partial charge is 0.380 e. The molecule has 0 aliphatic carbocycles. The molecule has 0 radical (unpaired) electrons. The van der Waals surface area contributed by atoms with Crippen molar-refractivity contribution >= 4 is 29.5 Å². The van der Waals surface area contributed by atoms with E-state index in [9.17, 15) is 14.4 Å². The summed E-state index contributed by atoms with van der Waals surface area (Å²) >= 11 is 1.96. The Balaban J connectivity index is 0.000000164. The first-order valence-electron chi connectivity index (χ1n) is 22.9. The van der Waals surface area contributed by atoms with Gasteiger partial charge in [-0.1, -0.05) is 72.8 Å². The summed E-state index contributed by atoms with van der Waals surface area (Å²) < 4.78 is 15.9. The number of hydrogen-bond donors (Lipinski definition) is 3. The van der Waals surface area contributed by atoms with Crippen LogP contribution in [0.25, 0.3) is 33.8 Å². The average molecular weight is 916 g/mol. The normalized spacial score (nSPS) is 14.7. The number of carbonyl (C=O) groups excluding carboxylic acids is 3. The van der Waals surface area contributed by atoms with Crippen molar-refractivity contribution in [3.63, 3.8) is 0 Å². The van der Waals surface area contributed by atoms with Crippen LogP contribution in [0.3, 0.4) is 0 Å². The highest BCUT2D eigenvalue weighted by Gasteiger charge is 2.23. The zero-order chi connectivity index (χ0) is 47.0. The Labute approximate surface area is 393 Å². The molecule has 350 valence electrons. The highest BCUT2D eigenvalue weighted by atomic mass is 32.2. The van der Waals surface area contributed by atoms with E-state index in [1.807, 2.05) is 140 Å². The predicted octanol–water partition coefficient (Wildman–Crippen LogP) is 7.88. The molecule has 2 saturated heterocycles. The fourth-order valence-electron chi connectivity index (χ4n) is 7.97. The molecule has 0 bridgehead atoms. The molecule has 2 aliphatic rings. The number of aromatic nitrogens is 6. The van der Waals surface area contributed by atoms with Gasteiger partial charge in [-0.2, -0.15) is 27.1 Å². The molecule has 0 spiro atoms. The smallest absolute Gasteiger partial charge is 0.255 e. The van der Waals surface area contributed by atoms with Crippen molar-refractivity contribution in [1.82, 2.24) is 45.3 Å². The summed E-state index contributed by atoms with van der Waals surface area (Å²) in [6.45, 7) is 11.2. The third-order valence-electron chi connectivity index (χ3n) is 11.5. The van der Waals surface area contributed by atoms with E-state index < -0.39 is 0 Å². The van der Waals surface area contributed by atoms with E-state index in [4.69, 9.17) is 9.47 Å². The van der Waals surface area contributed by atoms with Crippen molar-refractivity contribution in [3.05, 3.63) is 125 Å². The molecule has 3 amide bonds. The zero-order valence-electron chi connectivity index (χ0n) is 39.4. The lowest BCUT2D eigenvalue weighted by Gasteiger charge is -2.22. The number of nitrogens with one attached hydrogen (secondary N) is 3. The highest BCUT2D eigenvalue weighted by Crippen LogP contribution is 2.28. The van der Waals surface area contributed by atoms with Gasteiger partial charge in [0.25, 0.3) is 17.7 Å². The Morgan fingerprint density at radius 3 is 1.52 bits per heavy atom. The molecule has 3 aromatic carbocycles. The van der Waals surface area contributed by atoms with Gasteiger partial charge in [0.1, 0.15) is 17.1 Å². The Morgan fingerprint density at radius 1 is 0.652 bits per heavy atom. The van der Waals surface area contributed by atoms with Crippen molar-refractivity contribution in [2.45, 2.75) is 71.9 Å². The van der Waals surface area contributed by atoms with Crippen LogP contribution in [-0.2, 0) is 30.6 Å². The number of thioether (sulfide) groups is 1. The molecule has 1 atom stereocenters. The maximum atomic E-state index is 12.7. The van der Waals surface area contributed by atoms with Crippen LogP contribution in [0.4, 0.5) is 0 Å². The summed E-state index contributed by atoms with van der Waals surface area (Å²) in [5.74, 6) is 2.05. The van der Waals surface area contributed by atoms with Crippen LogP contribution in [0.1, 0.15) is 86.8 Å². The molecule has 3 aromatic heterocycles. The third-order valence-corrected chi connectivity index (χ3v) is 12.5. The average Bonchev–Trinajstić information content (AvgIpc) is 4.14. The van der Waals surface area contributed by atoms with E-state index in [1.165, 1.54) is 0 Å². The summed E-state index contributed by atoms with van der Waals surface area (Å²) in [5, 5.41) is 22.4.